The molecule has 3 heteroatoms. The summed E-state index contributed by atoms with van der Waals surface area (Å²) in [5, 5.41) is 9.77. The van der Waals surface area contributed by atoms with Crippen molar-refractivity contribution in [3.05, 3.63) is 187 Å². The molecule has 0 radical (unpaired) electrons. The van der Waals surface area contributed by atoms with E-state index in [9.17, 15) is 0 Å². The lowest BCUT2D eigenvalue weighted by Crippen LogP contribution is -2.16. The number of thiophene rings is 1. The Hall–Kier alpha value is -6.68. The van der Waals surface area contributed by atoms with E-state index in [2.05, 4.69) is 195 Å². The van der Waals surface area contributed by atoms with E-state index in [-0.39, 0.29) is 5.41 Å². The molecule has 2 aromatic heterocycles. The summed E-state index contributed by atoms with van der Waals surface area (Å²) in [6, 6.07) is 64.5. The van der Waals surface area contributed by atoms with Crippen molar-refractivity contribution in [2.45, 2.75) is 19.3 Å². The largest absolute Gasteiger partial charge is 0.455 e. The molecule has 2 nitrogen and oxygen atoms in total. The number of benzene rings is 9. The second-order valence-corrected chi connectivity index (χ2v) is 16.6. The number of para-hydroxylation sites is 1. The summed E-state index contributed by atoms with van der Waals surface area (Å²) in [6.07, 6.45) is 0. The molecule has 1 aliphatic rings. The fraction of sp³-hybridized carbons (Fsp3) is 0.0566. The Morgan fingerprint density at radius 3 is 1.88 bits per heavy atom. The van der Waals surface area contributed by atoms with Crippen molar-refractivity contribution in [2.24, 2.45) is 0 Å². The van der Waals surface area contributed by atoms with Crippen LogP contribution in [0, 0.1) is 0 Å². The molecule has 0 saturated carbocycles. The third-order valence-electron chi connectivity index (χ3n) is 12.3. The number of furan rings is 1. The Morgan fingerprint density at radius 2 is 1.02 bits per heavy atom. The number of rotatable bonds is 4. The van der Waals surface area contributed by atoms with Gasteiger partial charge in [0, 0.05) is 53.9 Å². The Labute approximate surface area is 328 Å². The SMILES string of the molecule is CC1(C)c2ccccc2-c2c(N(c3ccc(-c4cccc5c4oc4c6ccccc6ccc54)cc3)c3cccc4c3sc3c5ccccc5ccc43)cccc21. The quantitative estimate of drug-likeness (QED) is 0.179. The van der Waals surface area contributed by atoms with Crippen LogP contribution in [0.5, 0.6) is 0 Å². The Balaban J connectivity index is 1.09. The normalized spacial score (nSPS) is 13.3. The monoisotopic (exact) mass is 733 g/mol. The summed E-state index contributed by atoms with van der Waals surface area (Å²) >= 11 is 1.90. The van der Waals surface area contributed by atoms with E-state index in [0.29, 0.717) is 0 Å². The van der Waals surface area contributed by atoms with E-state index in [0.717, 1.165) is 44.1 Å². The molecule has 0 saturated heterocycles. The highest BCUT2D eigenvalue weighted by molar-refractivity contribution is 7.27. The van der Waals surface area contributed by atoms with Gasteiger partial charge in [-0.3, -0.25) is 0 Å². The fourth-order valence-corrected chi connectivity index (χ4v) is 10.9. The molecule has 9 aromatic carbocycles. The van der Waals surface area contributed by atoms with Crippen molar-refractivity contribution < 1.29 is 4.42 Å². The second-order valence-electron chi connectivity index (χ2n) is 15.6. The van der Waals surface area contributed by atoms with Gasteiger partial charge in [0.25, 0.3) is 0 Å². The van der Waals surface area contributed by atoms with Gasteiger partial charge in [0.15, 0.2) is 0 Å². The zero-order chi connectivity index (χ0) is 37.1. The molecule has 56 heavy (non-hydrogen) atoms. The molecule has 0 fully saturated rings. The van der Waals surface area contributed by atoms with Gasteiger partial charge >= 0.3 is 0 Å². The average molecular weight is 734 g/mol. The number of fused-ring (bicyclic) bond motifs is 13. The molecule has 0 bridgehead atoms. The second kappa shape index (κ2) is 11.7. The van der Waals surface area contributed by atoms with E-state index >= 15 is 0 Å². The minimum absolute atomic E-state index is 0.114. The maximum atomic E-state index is 6.77. The highest BCUT2D eigenvalue weighted by Gasteiger charge is 2.38. The van der Waals surface area contributed by atoms with Crippen LogP contribution < -0.4 is 4.90 Å². The average Bonchev–Trinajstić information content (AvgIpc) is 3.90. The smallest absolute Gasteiger partial charge is 0.143 e. The van der Waals surface area contributed by atoms with Crippen LogP contribution in [0.3, 0.4) is 0 Å². The lowest BCUT2D eigenvalue weighted by atomic mass is 9.82. The van der Waals surface area contributed by atoms with Gasteiger partial charge in [0.1, 0.15) is 11.2 Å². The molecule has 2 heterocycles. The first-order valence-corrected chi connectivity index (χ1v) is 20.2. The van der Waals surface area contributed by atoms with Crippen molar-refractivity contribution in [1.29, 1.82) is 0 Å². The number of hydrogen-bond acceptors (Lipinski definition) is 3. The van der Waals surface area contributed by atoms with Gasteiger partial charge < -0.3 is 9.32 Å². The molecule has 12 rings (SSSR count). The van der Waals surface area contributed by atoms with Gasteiger partial charge in [0.2, 0.25) is 0 Å². The third-order valence-corrected chi connectivity index (χ3v) is 13.5. The predicted molar refractivity (Wildman–Crippen MR) is 239 cm³/mol. The first-order valence-electron chi connectivity index (χ1n) is 19.3. The summed E-state index contributed by atoms with van der Waals surface area (Å²) in [7, 11) is 0. The van der Waals surface area contributed by atoms with E-state index in [4.69, 9.17) is 4.42 Å². The lowest BCUT2D eigenvalue weighted by Gasteiger charge is -2.29. The van der Waals surface area contributed by atoms with Crippen LogP contribution in [0.2, 0.25) is 0 Å². The number of anilines is 3. The zero-order valence-electron chi connectivity index (χ0n) is 31.0. The first-order chi connectivity index (χ1) is 27.5. The summed E-state index contributed by atoms with van der Waals surface area (Å²) in [6.45, 7) is 4.72. The number of nitrogens with zero attached hydrogens (tertiary/aromatic N) is 1. The van der Waals surface area contributed by atoms with Crippen LogP contribution in [0.15, 0.2) is 180 Å². The van der Waals surface area contributed by atoms with E-state index in [1.165, 1.54) is 70.0 Å². The molecule has 0 N–H and O–H groups in total. The molecular weight excluding hydrogens is 699 g/mol. The molecule has 0 spiro atoms. The highest BCUT2D eigenvalue weighted by Crippen LogP contribution is 2.55. The third kappa shape index (κ3) is 4.38. The van der Waals surface area contributed by atoms with Crippen LogP contribution in [0.1, 0.15) is 25.0 Å². The maximum absolute atomic E-state index is 6.77. The Kier molecular flexibility index (Phi) is 6.59. The standard InChI is InChI=1S/C53H35NOS/c1-53(2)44-20-8-7-16-43(44)48-45(53)21-11-22-46(48)54(47-23-10-19-41-42-31-27-33-13-4-6-15-38(33)51(42)56-52(41)47)35-28-24-34(25-29-35)37-17-9-18-39-40-30-26-32-12-3-5-14-36(32)50(40)55-49(37)39/h3-31H,1-2H3. The van der Waals surface area contributed by atoms with Crippen LogP contribution in [0.4, 0.5) is 17.1 Å². The first kappa shape index (κ1) is 31.6. The van der Waals surface area contributed by atoms with Crippen LogP contribution in [-0.4, -0.2) is 0 Å². The van der Waals surface area contributed by atoms with E-state index in [1.807, 2.05) is 11.3 Å². The van der Waals surface area contributed by atoms with Crippen molar-refractivity contribution in [3.63, 3.8) is 0 Å². The molecule has 0 atom stereocenters. The van der Waals surface area contributed by atoms with Crippen molar-refractivity contribution in [3.8, 4) is 22.3 Å². The summed E-state index contributed by atoms with van der Waals surface area (Å²) in [5.41, 5.74) is 12.8. The van der Waals surface area contributed by atoms with Crippen LogP contribution >= 0.6 is 11.3 Å². The minimum atomic E-state index is -0.114. The minimum Gasteiger partial charge on any atom is -0.455 e. The van der Waals surface area contributed by atoms with Gasteiger partial charge in [0.05, 0.1) is 16.1 Å². The summed E-state index contributed by atoms with van der Waals surface area (Å²) < 4.78 is 9.38. The molecule has 1 aliphatic carbocycles. The zero-order valence-corrected chi connectivity index (χ0v) is 31.8. The van der Waals surface area contributed by atoms with Gasteiger partial charge in [-0.05, 0) is 68.7 Å². The Morgan fingerprint density at radius 1 is 0.429 bits per heavy atom. The summed E-state index contributed by atoms with van der Waals surface area (Å²) in [4.78, 5) is 2.51. The molecule has 11 aromatic rings. The van der Waals surface area contributed by atoms with Crippen LogP contribution in [-0.2, 0) is 5.41 Å². The van der Waals surface area contributed by atoms with Crippen molar-refractivity contribution in [1.82, 2.24) is 0 Å². The van der Waals surface area contributed by atoms with Gasteiger partial charge in [-0.25, -0.2) is 0 Å². The Bertz CT molecular complexity index is 3400. The van der Waals surface area contributed by atoms with Gasteiger partial charge in [-0.1, -0.05) is 159 Å². The van der Waals surface area contributed by atoms with Crippen molar-refractivity contribution >= 4 is 92.1 Å². The predicted octanol–water partition coefficient (Wildman–Crippen LogP) is 15.7. The fourth-order valence-electron chi connectivity index (χ4n) is 9.56. The van der Waals surface area contributed by atoms with Gasteiger partial charge in [-0.15, -0.1) is 11.3 Å². The van der Waals surface area contributed by atoms with Crippen molar-refractivity contribution in [2.75, 3.05) is 4.90 Å². The molecular formula is C53H35NOS. The molecule has 0 unspecified atom stereocenters. The summed E-state index contributed by atoms with van der Waals surface area (Å²) in [5.74, 6) is 0. The van der Waals surface area contributed by atoms with E-state index in [1.54, 1.807) is 0 Å². The van der Waals surface area contributed by atoms with Gasteiger partial charge in [-0.2, -0.15) is 0 Å². The van der Waals surface area contributed by atoms with E-state index < -0.39 is 0 Å². The molecule has 0 amide bonds. The lowest BCUT2D eigenvalue weighted by molar-refractivity contribution is 0.660. The molecule has 0 aliphatic heterocycles. The van der Waals surface area contributed by atoms with Crippen LogP contribution in [0.25, 0.3) is 85.9 Å². The number of hydrogen-bond donors (Lipinski definition) is 0. The highest BCUT2D eigenvalue weighted by atomic mass is 32.1. The topological polar surface area (TPSA) is 16.4 Å². The maximum Gasteiger partial charge on any atom is 0.143 e. The molecule has 264 valence electrons.